The predicted molar refractivity (Wildman–Crippen MR) is 307 cm³/mol. The Morgan fingerprint density at radius 1 is 0.486 bits per heavy atom. The molecule has 0 radical (unpaired) electrons. The number of unbranched alkanes of at least 4 members (excludes halogenated alkanes) is 36. The highest BCUT2D eigenvalue weighted by Gasteiger charge is 2.27. The van der Waals surface area contributed by atoms with Gasteiger partial charge in [0.15, 0.2) is 0 Å². The first-order chi connectivity index (χ1) is 34.9. The van der Waals surface area contributed by atoms with Crippen LogP contribution in [0.1, 0.15) is 297 Å². The molecule has 1 N–H and O–H groups in total. The molecule has 9 nitrogen and oxygen atoms in total. The summed E-state index contributed by atoms with van der Waals surface area (Å²) >= 11 is 0. The zero-order valence-corrected chi connectivity index (χ0v) is 49.3. The molecule has 72 heavy (non-hydrogen) atoms. The van der Waals surface area contributed by atoms with E-state index in [0.717, 1.165) is 77.0 Å². The van der Waals surface area contributed by atoms with Gasteiger partial charge in [-0.25, -0.2) is 0 Å². The molecule has 0 saturated heterocycles. The maximum absolute atomic E-state index is 13.5. The number of ether oxygens (including phenoxy) is 1. The lowest BCUT2D eigenvalue weighted by Gasteiger charge is -2.30. The van der Waals surface area contributed by atoms with Crippen LogP contribution in [-0.4, -0.2) is 69.4 Å². The van der Waals surface area contributed by atoms with Gasteiger partial charge in [0.1, 0.15) is 19.3 Å². The van der Waals surface area contributed by atoms with E-state index in [4.69, 9.17) is 13.8 Å². The molecule has 1 amide bonds. The lowest BCUT2D eigenvalue weighted by atomic mass is 10.0. The number of nitrogens with one attached hydrogen (secondary N) is 1. The van der Waals surface area contributed by atoms with Gasteiger partial charge in [0.05, 0.1) is 33.8 Å². The molecule has 0 aliphatic carbocycles. The minimum absolute atomic E-state index is 0.0213. The maximum Gasteiger partial charge on any atom is 0.306 e. The molecule has 0 aliphatic heterocycles. The van der Waals surface area contributed by atoms with Gasteiger partial charge in [0.25, 0.3) is 7.82 Å². The van der Waals surface area contributed by atoms with E-state index in [-0.39, 0.29) is 31.5 Å². The van der Waals surface area contributed by atoms with Crippen LogP contribution in [0.25, 0.3) is 0 Å². The van der Waals surface area contributed by atoms with Crippen LogP contribution in [0.3, 0.4) is 0 Å². The van der Waals surface area contributed by atoms with E-state index < -0.39 is 20.0 Å². The van der Waals surface area contributed by atoms with Crippen LogP contribution < -0.4 is 10.2 Å². The number of phosphoric acid groups is 1. The Labute approximate surface area is 446 Å². The molecule has 0 heterocycles. The van der Waals surface area contributed by atoms with Gasteiger partial charge < -0.3 is 28.5 Å². The smallest absolute Gasteiger partial charge is 0.306 e. The van der Waals surface area contributed by atoms with E-state index in [9.17, 15) is 19.0 Å². The molecule has 0 spiro atoms. The van der Waals surface area contributed by atoms with Gasteiger partial charge in [0.2, 0.25) is 5.91 Å². The molecule has 0 rings (SSSR count). The number of nitrogens with zero attached hydrogens (tertiary/aromatic N) is 1. The normalized spacial score (nSPS) is 13.9. The van der Waals surface area contributed by atoms with Crippen molar-refractivity contribution < 1.29 is 37.3 Å². The Balaban J connectivity index is 5.26. The van der Waals surface area contributed by atoms with Crippen molar-refractivity contribution in [1.82, 2.24) is 5.32 Å². The summed E-state index contributed by atoms with van der Waals surface area (Å²) < 4.78 is 30.3. The van der Waals surface area contributed by atoms with Crippen LogP contribution in [-0.2, 0) is 27.9 Å². The van der Waals surface area contributed by atoms with E-state index >= 15 is 0 Å². The fourth-order valence-corrected chi connectivity index (χ4v) is 9.75. The summed E-state index contributed by atoms with van der Waals surface area (Å²) in [4.78, 5) is 39.9. The summed E-state index contributed by atoms with van der Waals surface area (Å²) in [6.45, 7) is 6.84. The number of amides is 1. The highest BCUT2D eigenvalue weighted by atomic mass is 31.2. The second-order valence-electron chi connectivity index (χ2n) is 22.2. The number of esters is 1. The number of carbonyl (C=O) groups excluding carboxylic acids is 2. The van der Waals surface area contributed by atoms with Crippen LogP contribution >= 0.6 is 7.82 Å². The second-order valence-corrected chi connectivity index (χ2v) is 23.6. The van der Waals surface area contributed by atoms with Crippen molar-refractivity contribution in [1.29, 1.82) is 0 Å². The van der Waals surface area contributed by atoms with Crippen LogP contribution in [0.4, 0.5) is 0 Å². The number of allylic oxidation sites excluding steroid dienone is 5. The van der Waals surface area contributed by atoms with Gasteiger partial charge in [-0.3, -0.25) is 14.2 Å². The predicted octanol–water partition coefficient (Wildman–Crippen LogP) is 18.1. The Morgan fingerprint density at radius 3 is 1.28 bits per heavy atom. The van der Waals surface area contributed by atoms with E-state index in [0.29, 0.717) is 17.4 Å². The Morgan fingerprint density at radius 2 is 0.847 bits per heavy atom. The van der Waals surface area contributed by atoms with Crippen LogP contribution in [0.15, 0.2) is 36.5 Å². The van der Waals surface area contributed by atoms with Gasteiger partial charge in [-0.1, -0.05) is 257 Å². The molecule has 3 atom stereocenters. The van der Waals surface area contributed by atoms with Crippen LogP contribution in [0.5, 0.6) is 0 Å². The van der Waals surface area contributed by atoms with E-state index in [1.165, 1.54) is 186 Å². The molecule has 0 fully saturated rings. The lowest BCUT2D eigenvalue weighted by molar-refractivity contribution is -0.870. The molecule has 0 saturated carbocycles. The number of hydrogen-bond acceptors (Lipinski definition) is 7. The lowest BCUT2D eigenvalue weighted by Crippen LogP contribution is -2.47. The number of hydrogen-bond donors (Lipinski definition) is 1. The summed E-state index contributed by atoms with van der Waals surface area (Å²) in [5.41, 5.74) is 0. The first kappa shape index (κ1) is 70.2. The minimum Gasteiger partial charge on any atom is -0.756 e. The Kier molecular flexibility index (Phi) is 51.4. The zero-order valence-electron chi connectivity index (χ0n) is 48.4. The molecular weight excluding hydrogens is 916 g/mol. The molecule has 0 bridgehead atoms. The summed E-state index contributed by atoms with van der Waals surface area (Å²) in [5, 5.41) is 3.03. The molecule has 424 valence electrons. The fourth-order valence-electron chi connectivity index (χ4n) is 9.02. The van der Waals surface area contributed by atoms with Crippen molar-refractivity contribution in [3.63, 3.8) is 0 Å². The van der Waals surface area contributed by atoms with Crippen molar-refractivity contribution in [3.8, 4) is 0 Å². The summed E-state index contributed by atoms with van der Waals surface area (Å²) in [5.74, 6) is -0.537. The topological polar surface area (TPSA) is 114 Å². The monoisotopic (exact) mass is 1030 g/mol. The van der Waals surface area contributed by atoms with Crippen molar-refractivity contribution >= 4 is 19.7 Å². The van der Waals surface area contributed by atoms with Crippen LogP contribution in [0, 0.1) is 0 Å². The third kappa shape index (κ3) is 53.1. The second kappa shape index (κ2) is 52.7. The van der Waals surface area contributed by atoms with E-state index in [1.807, 2.05) is 33.3 Å². The Hall–Kier alpha value is -1.77. The largest absolute Gasteiger partial charge is 0.756 e. The first-order valence-corrected chi connectivity index (χ1v) is 32.3. The minimum atomic E-state index is -4.69. The van der Waals surface area contributed by atoms with Crippen molar-refractivity contribution in [2.45, 2.75) is 309 Å². The first-order valence-electron chi connectivity index (χ1n) is 30.8. The Bertz CT molecular complexity index is 1330. The summed E-state index contributed by atoms with van der Waals surface area (Å²) in [7, 11) is 1.19. The summed E-state index contributed by atoms with van der Waals surface area (Å²) in [6, 6.07) is -0.887. The standard InChI is InChI=1S/C62H119N2O7P/c1-7-10-13-16-19-22-25-28-30-32-34-36-39-42-45-48-51-54-61(65)63-59(58-70-72(67,68)69-57-56-64(4,5)6)60(53-50-47-44-41-38-27-24-21-18-15-12-9-3)71-62(66)55-52-49-46-43-40-37-35-33-31-29-26-23-20-17-14-11-8-2/h20,23,29,31,50,53,59-60H,7-19,21-22,24-28,30,32-49,51-52,54-58H2,1-6H3,(H-,63,65,67,68)/b23-20-,31-29-,53-50+. The number of likely N-dealkylation sites (N-methyl/N-ethyl adjacent to an activating group) is 1. The molecular formula is C62H119N2O7P. The molecule has 10 heteroatoms. The van der Waals surface area contributed by atoms with Gasteiger partial charge in [-0.05, 0) is 63.9 Å². The van der Waals surface area contributed by atoms with Crippen molar-refractivity contribution in [2.24, 2.45) is 0 Å². The number of rotatable bonds is 56. The number of quaternary nitrogens is 1. The zero-order chi connectivity index (χ0) is 52.9. The molecule has 3 unspecified atom stereocenters. The van der Waals surface area contributed by atoms with E-state index in [1.54, 1.807) is 0 Å². The molecule has 0 aromatic heterocycles. The fraction of sp³-hybridized carbons (Fsp3) is 0.871. The highest BCUT2D eigenvalue weighted by Crippen LogP contribution is 2.38. The van der Waals surface area contributed by atoms with Crippen LogP contribution in [0.2, 0.25) is 0 Å². The quantitative estimate of drug-likeness (QED) is 0.0212. The summed E-state index contributed by atoms with van der Waals surface area (Å²) in [6.07, 6.45) is 62.4. The maximum atomic E-state index is 13.5. The third-order valence-corrected chi connectivity index (χ3v) is 14.8. The molecule has 0 aromatic rings. The number of phosphoric ester groups is 1. The molecule has 0 aliphatic rings. The van der Waals surface area contributed by atoms with Gasteiger partial charge >= 0.3 is 5.97 Å². The molecule has 0 aromatic carbocycles. The van der Waals surface area contributed by atoms with Gasteiger partial charge in [0, 0.05) is 12.8 Å². The number of carbonyl (C=O) groups is 2. The van der Waals surface area contributed by atoms with Crippen molar-refractivity contribution in [3.05, 3.63) is 36.5 Å². The third-order valence-electron chi connectivity index (χ3n) is 13.8. The highest BCUT2D eigenvalue weighted by molar-refractivity contribution is 7.45. The SMILES string of the molecule is CCCCC/C=C\C/C=C\CCCCCCCCCC(=O)OC(/C=C/CCCCCCCCCCCC)C(COP(=O)([O-])OCC[N+](C)(C)C)NC(=O)CCCCCCCCCCCCCCCCCCC. The average molecular weight is 1040 g/mol. The van der Waals surface area contributed by atoms with Gasteiger partial charge in [-0.15, -0.1) is 0 Å². The van der Waals surface area contributed by atoms with Gasteiger partial charge in [-0.2, -0.15) is 0 Å². The van der Waals surface area contributed by atoms with Crippen molar-refractivity contribution in [2.75, 3.05) is 40.9 Å². The average Bonchev–Trinajstić information content (AvgIpc) is 3.34. The van der Waals surface area contributed by atoms with E-state index in [2.05, 4.69) is 50.4 Å².